The molecule has 1 fully saturated rings. The van der Waals surface area contributed by atoms with Crippen molar-refractivity contribution in [2.75, 3.05) is 12.4 Å². The summed E-state index contributed by atoms with van der Waals surface area (Å²) in [4.78, 5) is 26.6. The van der Waals surface area contributed by atoms with Crippen molar-refractivity contribution in [3.8, 4) is 0 Å². The molecule has 0 saturated heterocycles. The number of amides is 1. The molecule has 2 aromatic carbocycles. The second-order valence-electron chi connectivity index (χ2n) is 9.42. The molecule has 1 aliphatic heterocycles. The molecule has 33 heavy (non-hydrogen) atoms. The number of fused-ring (bicyclic) bond motifs is 3. The molecule has 6 nitrogen and oxygen atoms in total. The molecule has 1 amide bonds. The van der Waals surface area contributed by atoms with Crippen LogP contribution in [-0.2, 0) is 0 Å². The first kappa shape index (κ1) is 22.0. The van der Waals surface area contributed by atoms with Crippen molar-refractivity contribution in [1.82, 2.24) is 4.90 Å². The third-order valence-electron chi connectivity index (χ3n) is 7.60. The molecular weight excluding hydrogens is 438 g/mol. The highest BCUT2D eigenvalue weighted by Crippen LogP contribution is 2.51. The highest BCUT2D eigenvalue weighted by molar-refractivity contribution is 6.32. The van der Waals surface area contributed by atoms with Crippen LogP contribution in [0.15, 0.2) is 48.6 Å². The second-order valence-corrected chi connectivity index (χ2v) is 9.83. The van der Waals surface area contributed by atoms with Crippen LogP contribution in [-0.4, -0.2) is 28.8 Å². The fraction of sp³-hybridized carbons (Fsp3) is 0.423. The lowest BCUT2D eigenvalue weighted by atomic mass is 9.76. The van der Waals surface area contributed by atoms with Gasteiger partial charge in [-0.2, -0.15) is 0 Å². The van der Waals surface area contributed by atoms with E-state index in [1.165, 1.54) is 19.3 Å². The van der Waals surface area contributed by atoms with Crippen LogP contribution >= 0.6 is 11.6 Å². The number of para-hydroxylation sites is 1. The van der Waals surface area contributed by atoms with Crippen LogP contribution in [0.25, 0.3) is 0 Å². The summed E-state index contributed by atoms with van der Waals surface area (Å²) < 4.78 is 0. The number of benzene rings is 2. The number of rotatable bonds is 4. The normalized spacial score (nSPS) is 24.0. The van der Waals surface area contributed by atoms with Crippen LogP contribution < -0.4 is 5.32 Å². The van der Waals surface area contributed by atoms with E-state index >= 15 is 0 Å². The minimum Gasteiger partial charge on any atom is -0.377 e. The molecule has 3 atom stereocenters. The van der Waals surface area contributed by atoms with E-state index in [0.717, 1.165) is 36.1 Å². The van der Waals surface area contributed by atoms with Crippen LogP contribution in [0, 0.1) is 16.0 Å². The Morgan fingerprint density at radius 1 is 1.18 bits per heavy atom. The van der Waals surface area contributed by atoms with Gasteiger partial charge >= 0.3 is 0 Å². The van der Waals surface area contributed by atoms with Crippen molar-refractivity contribution in [2.45, 2.75) is 56.5 Å². The number of nitrogens with zero attached hydrogens (tertiary/aromatic N) is 2. The molecule has 2 aromatic rings. The highest BCUT2D eigenvalue weighted by Gasteiger charge is 2.40. The lowest BCUT2D eigenvalue weighted by Crippen LogP contribution is -2.39. The number of nitro benzene ring substituents is 1. The predicted molar refractivity (Wildman–Crippen MR) is 130 cm³/mol. The number of nitrogens with one attached hydrogen (secondary N) is 1. The van der Waals surface area contributed by atoms with Crippen LogP contribution in [0.1, 0.15) is 72.0 Å². The fourth-order valence-corrected chi connectivity index (χ4v) is 6.00. The van der Waals surface area contributed by atoms with Crippen LogP contribution in [0.3, 0.4) is 0 Å². The molecule has 5 rings (SSSR count). The van der Waals surface area contributed by atoms with Gasteiger partial charge in [-0.3, -0.25) is 14.9 Å². The summed E-state index contributed by atoms with van der Waals surface area (Å²) in [5, 5.41) is 15.2. The van der Waals surface area contributed by atoms with E-state index in [1.54, 1.807) is 12.1 Å². The number of carbonyl (C=O) groups excluding carboxylic acids is 1. The maximum atomic E-state index is 13.6. The standard InChI is InChI=1S/C26H28ClN3O3/c1-29(17-7-3-2-4-8-17)26(31)21-12-6-11-20-18-9-5-10-19(18)24(28-25(20)21)16-13-14-22(27)23(15-16)30(32)33/h5-6,9,11-15,17-19,24,28H,2-4,7-8,10H2,1H3. The third kappa shape index (κ3) is 3.90. The van der Waals surface area contributed by atoms with Crippen LogP contribution in [0.5, 0.6) is 0 Å². The van der Waals surface area contributed by atoms with Crippen molar-refractivity contribution < 1.29 is 9.72 Å². The first-order chi connectivity index (χ1) is 16.0. The largest absolute Gasteiger partial charge is 0.377 e. The Balaban J connectivity index is 1.53. The molecular formula is C26H28ClN3O3. The Bertz CT molecular complexity index is 1130. The van der Waals surface area contributed by atoms with E-state index in [4.69, 9.17) is 11.6 Å². The summed E-state index contributed by atoms with van der Waals surface area (Å²) in [5.41, 5.74) is 3.37. The molecule has 1 N–H and O–H groups in total. The Kier molecular flexibility index (Phi) is 5.87. The summed E-state index contributed by atoms with van der Waals surface area (Å²) in [5.74, 6) is 0.418. The first-order valence-corrected chi connectivity index (χ1v) is 12.1. The fourth-order valence-electron chi connectivity index (χ4n) is 5.82. The maximum absolute atomic E-state index is 13.6. The minimum absolute atomic E-state index is 0.0347. The van der Waals surface area contributed by atoms with Crippen molar-refractivity contribution in [3.05, 3.63) is 80.4 Å². The predicted octanol–water partition coefficient (Wildman–Crippen LogP) is 6.48. The second kappa shape index (κ2) is 8.82. The van der Waals surface area contributed by atoms with E-state index in [0.29, 0.717) is 5.56 Å². The van der Waals surface area contributed by atoms with E-state index in [2.05, 4.69) is 23.5 Å². The molecule has 0 bridgehead atoms. The van der Waals surface area contributed by atoms with Crippen molar-refractivity contribution in [1.29, 1.82) is 0 Å². The van der Waals surface area contributed by atoms with Gasteiger partial charge in [-0.05, 0) is 48.4 Å². The number of allylic oxidation sites excluding steroid dienone is 2. The molecule has 0 radical (unpaired) electrons. The number of anilines is 1. The summed E-state index contributed by atoms with van der Waals surface area (Å²) >= 11 is 6.07. The Morgan fingerprint density at radius 2 is 1.97 bits per heavy atom. The van der Waals surface area contributed by atoms with E-state index in [1.807, 2.05) is 30.1 Å². The van der Waals surface area contributed by atoms with Gasteiger partial charge in [0.05, 0.1) is 22.2 Å². The summed E-state index contributed by atoms with van der Waals surface area (Å²) in [6, 6.07) is 11.1. The van der Waals surface area contributed by atoms with Crippen LogP contribution in [0.4, 0.5) is 11.4 Å². The molecule has 0 aromatic heterocycles. The quantitative estimate of drug-likeness (QED) is 0.318. The van der Waals surface area contributed by atoms with Crippen molar-refractivity contribution in [3.63, 3.8) is 0 Å². The number of nitro groups is 1. The third-order valence-corrected chi connectivity index (χ3v) is 7.92. The van der Waals surface area contributed by atoms with Crippen molar-refractivity contribution in [2.24, 2.45) is 5.92 Å². The topological polar surface area (TPSA) is 75.5 Å². The molecule has 0 spiro atoms. The monoisotopic (exact) mass is 465 g/mol. The molecule has 1 heterocycles. The Morgan fingerprint density at radius 3 is 2.73 bits per heavy atom. The number of hydrogen-bond acceptors (Lipinski definition) is 4. The number of hydrogen-bond donors (Lipinski definition) is 1. The summed E-state index contributed by atoms with van der Waals surface area (Å²) in [7, 11) is 1.92. The average molecular weight is 466 g/mol. The molecule has 1 saturated carbocycles. The van der Waals surface area contributed by atoms with Gasteiger partial charge in [0, 0.05) is 25.1 Å². The maximum Gasteiger partial charge on any atom is 0.288 e. The van der Waals surface area contributed by atoms with Crippen molar-refractivity contribution >= 4 is 28.9 Å². The zero-order valence-electron chi connectivity index (χ0n) is 18.7. The zero-order valence-corrected chi connectivity index (χ0v) is 19.4. The van der Waals surface area contributed by atoms with E-state index < -0.39 is 4.92 Å². The van der Waals surface area contributed by atoms with Gasteiger partial charge < -0.3 is 10.2 Å². The Hall–Kier alpha value is -2.86. The van der Waals surface area contributed by atoms with Gasteiger partial charge in [-0.25, -0.2) is 0 Å². The minimum atomic E-state index is -0.443. The van der Waals surface area contributed by atoms with Crippen LogP contribution in [0.2, 0.25) is 5.02 Å². The highest BCUT2D eigenvalue weighted by atomic mass is 35.5. The van der Waals surface area contributed by atoms with Gasteiger partial charge in [0.15, 0.2) is 0 Å². The molecule has 172 valence electrons. The molecule has 3 aliphatic rings. The zero-order chi connectivity index (χ0) is 23.1. The van der Waals surface area contributed by atoms with Gasteiger partial charge in [-0.1, -0.05) is 61.2 Å². The molecule has 7 heteroatoms. The lowest BCUT2D eigenvalue weighted by molar-refractivity contribution is -0.384. The van der Waals surface area contributed by atoms with E-state index in [-0.39, 0.29) is 40.5 Å². The average Bonchev–Trinajstić information content (AvgIpc) is 3.33. The summed E-state index contributed by atoms with van der Waals surface area (Å²) in [6.07, 6.45) is 10.9. The molecule has 3 unspecified atom stereocenters. The van der Waals surface area contributed by atoms with Gasteiger partial charge in [0.25, 0.3) is 11.6 Å². The molecule has 2 aliphatic carbocycles. The number of carbonyl (C=O) groups is 1. The van der Waals surface area contributed by atoms with Gasteiger partial charge in [0.1, 0.15) is 5.02 Å². The summed E-state index contributed by atoms with van der Waals surface area (Å²) in [6.45, 7) is 0. The SMILES string of the molecule is CN(C(=O)c1cccc2c1NC(c1ccc(Cl)c([N+](=O)[O-])c1)C1CC=CC21)C1CCCCC1. The van der Waals surface area contributed by atoms with Gasteiger partial charge in [0.2, 0.25) is 0 Å². The van der Waals surface area contributed by atoms with Gasteiger partial charge in [-0.15, -0.1) is 0 Å². The lowest BCUT2D eigenvalue weighted by Gasteiger charge is -2.39. The smallest absolute Gasteiger partial charge is 0.288 e. The Labute approximate surface area is 198 Å². The van der Waals surface area contributed by atoms with E-state index in [9.17, 15) is 14.9 Å². The number of halogens is 1. The first-order valence-electron chi connectivity index (χ1n) is 11.7.